The Morgan fingerprint density at radius 2 is 1.00 bits per heavy atom. The van der Waals surface area contributed by atoms with Gasteiger partial charge in [0.25, 0.3) is 0 Å². The van der Waals surface area contributed by atoms with Crippen molar-refractivity contribution in [3.05, 3.63) is 84.4 Å². The largest absolute Gasteiger partial charge is 0.381 e. The number of para-hydroxylation sites is 1. The van der Waals surface area contributed by atoms with E-state index in [4.69, 9.17) is 0 Å². The van der Waals surface area contributed by atoms with E-state index in [2.05, 4.69) is 0 Å². The summed E-state index contributed by atoms with van der Waals surface area (Å²) in [6, 6.07) is 18.0. The highest BCUT2D eigenvalue weighted by Crippen LogP contribution is 2.41. The molecular formula is C22H19F6NSi. The second kappa shape index (κ2) is 7.83. The van der Waals surface area contributed by atoms with Crippen LogP contribution in [0.4, 0.5) is 37.7 Å². The zero-order valence-corrected chi connectivity index (χ0v) is 17.2. The van der Waals surface area contributed by atoms with Gasteiger partial charge < -0.3 is 4.90 Å². The van der Waals surface area contributed by atoms with Gasteiger partial charge in [-0.3, -0.25) is 0 Å². The predicted molar refractivity (Wildman–Crippen MR) is 109 cm³/mol. The molecule has 3 aromatic carbocycles. The van der Waals surface area contributed by atoms with Crippen molar-refractivity contribution in [1.82, 2.24) is 0 Å². The second-order valence-electron chi connectivity index (χ2n) is 7.05. The monoisotopic (exact) mass is 439 g/mol. The van der Waals surface area contributed by atoms with Crippen molar-refractivity contribution in [2.24, 2.45) is 0 Å². The molecule has 30 heavy (non-hydrogen) atoms. The highest BCUT2D eigenvalue weighted by molar-refractivity contribution is 7.05. The van der Waals surface area contributed by atoms with Crippen LogP contribution in [0.1, 0.15) is 5.56 Å². The summed E-state index contributed by atoms with van der Waals surface area (Å²) in [5.74, 6) is -10.9. The Hall–Kier alpha value is -2.74. The minimum absolute atomic E-state index is 0.487. The average Bonchev–Trinajstić information content (AvgIpc) is 2.68. The van der Waals surface area contributed by atoms with E-state index < -0.39 is 30.0 Å². The van der Waals surface area contributed by atoms with Crippen molar-refractivity contribution < 1.29 is 26.3 Å². The van der Waals surface area contributed by atoms with Gasteiger partial charge in [0, 0.05) is 18.4 Å². The Kier molecular flexibility index (Phi) is 5.73. The molecule has 0 bridgehead atoms. The third-order valence-electron chi connectivity index (χ3n) is 5.17. The van der Waals surface area contributed by atoms with Gasteiger partial charge in [-0.2, -0.15) is 26.3 Å². The Morgan fingerprint density at radius 1 is 0.600 bits per heavy atom. The quantitative estimate of drug-likeness (QED) is 0.382. The van der Waals surface area contributed by atoms with E-state index in [1.807, 2.05) is 6.07 Å². The van der Waals surface area contributed by atoms with Crippen molar-refractivity contribution in [2.45, 2.75) is 18.5 Å². The highest BCUT2D eigenvalue weighted by atomic mass is 28.3. The Balaban J connectivity index is 2.16. The number of halogens is 6. The summed E-state index contributed by atoms with van der Waals surface area (Å²) in [7, 11) is -4.43. The molecule has 0 atom stereocenters. The molecule has 8 heteroatoms. The van der Waals surface area contributed by atoms with Crippen molar-refractivity contribution in [2.75, 3.05) is 11.9 Å². The summed E-state index contributed by atoms with van der Waals surface area (Å²) in [4.78, 5) is 1.69. The van der Waals surface area contributed by atoms with Gasteiger partial charge in [0.15, 0.2) is 0 Å². The minimum Gasteiger partial charge on any atom is -0.345 e. The smallest absolute Gasteiger partial charge is 0.345 e. The van der Waals surface area contributed by atoms with Crippen LogP contribution in [0.25, 0.3) is 0 Å². The summed E-state index contributed by atoms with van der Waals surface area (Å²) < 4.78 is 85.2. The van der Waals surface area contributed by atoms with Crippen LogP contribution in [-0.2, 0) is 0 Å². The molecule has 0 N–H and O–H groups in total. The summed E-state index contributed by atoms with van der Waals surface area (Å²) >= 11 is 0. The molecule has 3 aromatic rings. The molecule has 0 radical (unpaired) electrons. The second-order valence-corrected chi connectivity index (χ2v) is 10.8. The topological polar surface area (TPSA) is 3.24 Å². The van der Waals surface area contributed by atoms with Crippen LogP contribution < -0.4 is 15.3 Å². The van der Waals surface area contributed by atoms with Gasteiger partial charge in [-0.15, -0.1) is 0 Å². The maximum atomic E-state index is 14.2. The standard InChI is InChI=1S/C22H19F6NSi/c1-16-8-12-19(13-9-16)30(21(23,24)25,22(26,27)28)20-14-10-18(11-15-20)29(2)17-6-4-3-5-7-17/h3-15H,1-2H3. The zero-order valence-electron chi connectivity index (χ0n) is 16.2. The highest BCUT2D eigenvalue weighted by Gasteiger charge is 2.75. The van der Waals surface area contributed by atoms with Crippen LogP contribution in [0.5, 0.6) is 0 Å². The van der Waals surface area contributed by atoms with Crippen molar-refractivity contribution >= 4 is 29.8 Å². The third-order valence-corrected chi connectivity index (χ3v) is 9.27. The normalized spacial score (nSPS) is 12.7. The van der Waals surface area contributed by atoms with Crippen molar-refractivity contribution in [3.8, 4) is 0 Å². The van der Waals surface area contributed by atoms with Crippen LogP contribution in [0, 0.1) is 6.92 Å². The fourth-order valence-electron chi connectivity index (χ4n) is 3.52. The van der Waals surface area contributed by atoms with Gasteiger partial charge in [0.1, 0.15) is 0 Å². The lowest BCUT2D eigenvalue weighted by atomic mass is 10.2. The molecule has 0 unspecified atom stereocenters. The number of hydrogen-bond donors (Lipinski definition) is 0. The van der Waals surface area contributed by atoms with E-state index >= 15 is 0 Å². The molecule has 3 rings (SSSR count). The molecule has 0 heterocycles. The predicted octanol–water partition coefficient (Wildman–Crippen LogP) is 5.53. The Bertz CT molecular complexity index is 965. The molecule has 0 saturated heterocycles. The van der Waals surface area contributed by atoms with Crippen molar-refractivity contribution in [3.63, 3.8) is 0 Å². The number of rotatable bonds is 4. The van der Waals surface area contributed by atoms with Crippen LogP contribution in [0.3, 0.4) is 0 Å². The molecule has 0 aliphatic carbocycles. The van der Waals surface area contributed by atoms with E-state index in [0.29, 0.717) is 11.3 Å². The maximum Gasteiger partial charge on any atom is 0.381 e. The summed E-state index contributed by atoms with van der Waals surface area (Å²) in [5.41, 5.74) is 1.84. The summed E-state index contributed by atoms with van der Waals surface area (Å²) in [6.45, 7) is 1.61. The van der Waals surface area contributed by atoms with Gasteiger partial charge in [-0.25, -0.2) is 0 Å². The van der Waals surface area contributed by atoms with E-state index in [0.717, 1.165) is 30.0 Å². The number of hydrogen-bond acceptors (Lipinski definition) is 1. The van der Waals surface area contributed by atoms with E-state index in [1.54, 1.807) is 43.1 Å². The number of nitrogens with zero attached hydrogens (tertiary/aromatic N) is 1. The molecule has 158 valence electrons. The molecule has 0 spiro atoms. The lowest BCUT2D eigenvalue weighted by molar-refractivity contribution is -0.107. The molecule has 0 aliphatic rings. The third kappa shape index (κ3) is 3.71. The molecule has 0 fully saturated rings. The van der Waals surface area contributed by atoms with Crippen LogP contribution in [0.15, 0.2) is 78.9 Å². The fourth-order valence-corrected chi connectivity index (χ4v) is 6.82. The molecule has 0 saturated carbocycles. The Labute approximate surface area is 171 Å². The molecule has 0 amide bonds. The first-order chi connectivity index (χ1) is 14.0. The van der Waals surface area contributed by atoms with Gasteiger partial charge in [0.2, 0.25) is 0 Å². The van der Waals surface area contributed by atoms with Crippen molar-refractivity contribution in [1.29, 1.82) is 0 Å². The lowest BCUT2D eigenvalue weighted by Crippen LogP contribution is -2.77. The lowest BCUT2D eigenvalue weighted by Gasteiger charge is -2.36. The first-order valence-electron chi connectivity index (χ1n) is 9.08. The zero-order chi connectivity index (χ0) is 22.2. The number of alkyl halides is 6. The Morgan fingerprint density at radius 3 is 1.43 bits per heavy atom. The van der Waals surface area contributed by atoms with E-state index in [9.17, 15) is 26.3 Å². The maximum absolute atomic E-state index is 14.2. The van der Waals surface area contributed by atoms with Gasteiger partial charge in [-0.1, -0.05) is 60.2 Å². The first kappa shape index (κ1) is 22.0. The fraction of sp³-hybridized carbons (Fsp3) is 0.182. The first-order valence-corrected chi connectivity index (χ1v) is 11.1. The minimum atomic E-state index is -6.13. The number of aryl methyl sites for hydroxylation is 1. The van der Waals surface area contributed by atoms with E-state index in [1.165, 1.54) is 24.3 Å². The van der Waals surface area contributed by atoms with Crippen LogP contribution >= 0.6 is 0 Å². The van der Waals surface area contributed by atoms with Gasteiger partial charge >= 0.3 is 19.7 Å². The molecular weight excluding hydrogens is 420 g/mol. The molecule has 0 aromatic heterocycles. The van der Waals surface area contributed by atoms with Crippen LogP contribution in [0.2, 0.25) is 0 Å². The number of anilines is 2. The van der Waals surface area contributed by atoms with Crippen LogP contribution in [-0.4, -0.2) is 26.7 Å². The summed E-state index contributed by atoms with van der Waals surface area (Å²) in [5, 5.41) is -1.46. The van der Waals surface area contributed by atoms with Gasteiger partial charge in [0.05, 0.1) is 0 Å². The number of benzene rings is 3. The van der Waals surface area contributed by atoms with E-state index in [-0.39, 0.29) is 0 Å². The average molecular weight is 439 g/mol. The summed E-state index contributed by atoms with van der Waals surface area (Å²) in [6.07, 6.45) is 0. The molecule has 1 nitrogen and oxygen atoms in total. The molecule has 0 aliphatic heterocycles. The SMILES string of the molecule is Cc1ccc([Si](c2ccc(N(C)c3ccccc3)cc2)(C(F)(F)F)C(F)(F)F)cc1. The van der Waals surface area contributed by atoms with Gasteiger partial charge in [-0.05, 0) is 41.6 Å².